The number of benzene rings is 1. The van der Waals surface area contributed by atoms with Gasteiger partial charge < -0.3 is 10.4 Å². The number of rotatable bonds is 3. The second kappa shape index (κ2) is 4.86. The Hall–Kier alpha value is -1.13. The van der Waals surface area contributed by atoms with Crippen LogP contribution in [0.25, 0.3) is 10.2 Å². The van der Waals surface area contributed by atoms with Gasteiger partial charge in [0.1, 0.15) is 0 Å². The fourth-order valence-electron chi connectivity index (χ4n) is 2.57. The van der Waals surface area contributed by atoms with Gasteiger partial charge in [-0.15, -0.1) is 0 Å². The van der Waals surface area contributed by atoms with E-state index in [1.807, 2.05) is 18.2 Å². The lowest BCUT2D eigenvalue weighted by Gasteiger charge is -2.31. The molecule has 1 heterocycles. The summed E-state index contributed by atoms with van der Waals surface area (Å²) in [6, 6.07) is 8.12. The minimum Gasteiger partial charge on any atom is -0.388 e. The zero-order chi connectivity index (χ0) is 12.4. The van der Waals surface area contributed by atoms with Crippen molar-refractivity contribution in [3.63, 3.8) is 0 Å². The van der Waals surface area contributed by atoms with Crippen LogP contribution in [0.4, 0.5) is 5.13 Å². The number of thiazole rings is 1. The van der Waals surface area contributed by atoms with Gasteiger partial charge in [0.25, 0.3) is 0 Å². The van der Waals surface area contributed by atoms with Gasteiger partial charge in [0.2, 0.25) is 0 Å². The molecule has 18 heavy (non-hydrogen) atoms. The third kappa shape index (κ3) is 2.49. The smallest absolute Gasteiger partial charge is 0.183 e. The summed E-state index contributed by atoms with van der Waals surface area (Å²) in [6.07, 6.45) is 5.34. The van der Waals surface area contributed by atoms with Gasteiger partial charge in [-0.25, -0.2) is 4.98 Å². The predicted molar refractivity (Wildman–Crippen MR) is 76.1 cm³/mol. The van der Waals surface area contributed by atoms with Crippen molar-refractivity contribution in [2.45, 2.75) is 37.7 Å². The van der Waals surface area contributed by atoms with Crippen LogP contribution in [0.15, 0.2) is 24.3 Å². The molecule has 1 fully saturated rings. The van der Waals surface area contributed by atoms with E-state index in [0.717, 1.165) is 36.3 Å². The molecule has 0 bridgehead atoms. The van der Waals surface area contributed by atoms with Crippen LogP contribution in [0.3, 0.4) is 0 Å². The Balaban J connectivity index is 1.69. The van der Waals surface area contributed by atoms with Gasteiger partial charge in [0, 0.05) is 6.54 Å². The first-order chi connectivity index (χ1) is 8.75. The fourth-order valence-corrected chi connectivity index (χ4v) is 3.44. The molecule has 1 aliphatic rings. The van der Waals surface area contributed by atoms with Crippen LogP contribution in [0.1, 0.15) is 32.1 Å². The summed E-state index contributed by atoms with van der Waals surface area (Å²) < 4.78 is 1.19. The van der Waals surface area contributed by atoms with Gasteiger partial charge in [-0.3, -0.25) is 0 Å². The number of nitrogens with one attached hydrogen (secondary N) is 1. The number of para-hydroxylation sites is 1. The third-order valence-electron chi connectivity index (χ3n) is 3.65. The first-order valence-electron chi connectivity index (χ1n) is 6.57. The van der Waals surface area contributed by atoms with E-state index >= 15 is 0 Å². The third-order valence-corrected chi connectivity index (χ3v) is 4.64. The van der Waals surface area contributed by atoms with Gasteiger partial charge >= 0.3 is 0 Å². The molecule has 0 saturated heterocycles. The van der Waals surface area contributed by atoms with E-state index < -0.39 is 5.60 Å². The van der Waals surface area contributed by atoms with E-state index in [1.54, 1.807) is 11.3 Å². The maximum atomic E-state index is 10.4. The number of anilines is 1. The van der Waals surface area contributed by atoms with Crippen LogP contribution >= 0.6 is 11.3 Å². The largest absolute Gasteiger partial charge is 0.388 e. The molecule has 3 rings (SSSR count). The summed E-state index contributed by atoms with van der Waals surface area (Å²) in [7, 11) is 0. The lowest BCUT2D eigenvalue weighted by molar-refractivity contribution is 0.0167. The predicted octanol–water partition coefficient (Wildman–Crippen LogP) is 3.40. The molecule has 1 saturated carbocycles. The minimum absolute atomic E-state index is 0.532. The summed E-state index contributed by atoms with van der Waals surface area (Å²) in [5.74, 6) is 0. The Bertz CT molecular complexity index is 498. The molecule has 3 nitrogen and oxygen atoms in total. The van der Waals surface area contributed by atoms with Crippen LogP contribution in [0.2, 0.25) is 0 Å². The lowest BCUT2D eigenvalue weighted by atomic mass is 9.85. The molecular weight excluding hydrogens is 244 g/mol. The Morgan fingerprint density at radius 3 is 2.78 bits per heavy atom. The molecule has 0 unspecified atom stereocenters. The summed E-state index contributed by atoms with van der Waals surface area (Å²) >= 11 is 1.65. The van der Waals surface area contributed by atoms with Gasteiger partial charge in [-0.2, -0.15) is 0 Å². The topological polar surface area (TPSA) is 45.1 Å². The highest BCUT2D eigenvalue weighted by Gasteiger charge is 2.28. The van der Waals surface area contributed by atoms with Crippen LogP contribution in [0.5, 0.6) is 0 Å². The van der Waals surface area contributed by atoms with Crippen molar-refractivity contribution in [3.05, 3.63) is 24.3 Å². The molecule has 0 aliphatic heterocycles. The average molecular weight is 262 g/mol. The maximum Gasteiger partial charge on any atom is 0.183 e. The summed E-state index contributed by atoms with van der Waals surface area (Å²) in [4.78, 5) is 4.52. The molecule has 0 amide bonds. The molecule has 1 aliphatic carbocycles. The molecule has 96 valence electrons. The number of hydrogen-bond donors (Lipinski definition) is 2. The van der Waals surface area contributed by atoms with Crippen molar-refractivity contribution in [2.24, 2.45) is 0 Å². The maximum absolute atomic E-state index is 10.4. The minimum atomic E-state index is -0.532. The van der Waals surface area contributed by atoms with Crippen molar-refractivity contribution in [2.75, 3.05) is 11.9 Å². The van der Waals surface area contributed by atoms with Crippen LogP contribution in [-0.2, 0) is 0 Å². The molecule has 2 N–H and O–H groups in total. The van der Waals surface area contributed by atoms with Crippen molar-refractivity contribution in [1.82, 2.24) is 4.98 Å². The Kier molecular flexibility index (Phi) is 3.22. The van der Waals surface area contributed by atoms with E-state index in [4.69, 9.17) is 0 Å². The molecule has 0 spiro atoms. The Morgan fingerprint density at radius 2 is 2.00 bits per heavy atom. The van der Waals surface area contributed by atoms with Crippen LogP contribution < -0.4 is 5.32 Å². The highest BCUT2D eigenvalue weighted by atomic mass is 32.1. The normalized spacial score (nSPS) is 18.9. The molecule has 1 aromatic heterocycles. The van der Waals surface area contributed by atoms with Crippen molar-refractivity contribution >= 4 is 26.7 Å². The van der Waals surface area contributed by atoms with Gasteiger partial charge in [-0.1, -0.05) is 42.7 Å². The van der Waals surface area contributed by atoms with E-state index in [9.17, 15) is 5.11 Å². The van der Waals surface area contributed by atoms with E-state index in [0.29, 0.717) is 6.54 Å². The van der Waals surface area contributed by atoms with Gasteiger partial charge in [0.15, 0.2) is 5.13 Å². The Labute approximate surface area is 111 Å². The second-order valence-corrected chi connectivity index (χ2v) is 6.16. The first-order valence-corrected chi connectivity index (χ1v) is 7.39. The van der Waals surface area contributed by atoms with E-state index in [2.05, 4.69) is 16.4 Å². The zero-order valence-corrected chi connectivity index (χ0v) is 11.2. The fraction of sp³-hybridized carbons (Fsp3) is 0.500. The van der Waals surface area contributed by atoms with Crippen LogP contribution in [0, 0.1) is 0 Å². The molecule has 0 atom stereocenters. The number of aliphatic hydroxyl groups is 1. The van der Waals surface area contributed by atoms with Crippen molar-refractivity contribution in [1.29, 1.82) is 0 Å². The average Bonchev–Trinajstić information content (AvgIpc) is 2.80. The molecule has 4 heteroatoms. The second-order valence-electron chi connectivity index (χ2n) is 5.13. The Morgan fingerprint density at radius 1 is 1.22 bits per heavy atom. The molecular formula is C14H18N2OS. The van der Waals surface area contributed by atoms with Crippen molar-refractivity contribution < 1.29 is 5.11 Å². The van der Waals surface area contributed by atoms with Gasteiger partial charge in [-0.05, 0) is 25.0 Å². The van der Waals surface area contributed by atoms with Crippen molar-refractivity contribution in [3.8, 4) is 0 Å². The quantitative estimate of drug-likeness (QED) is 0.891. The summed E-state index contributed by atoms with van der Waals surface area (Å²) in [5, 5.41) is 14.6. The molecule has 2 aromatic rings. The number of fused-ring (bicyclic) bond motifs is 1. The summed E-state index contributed by atoms with van der Waals surface area (Å²) in [5.41, 5.74) is 0.497. The highest BCUT2D eigenvalue weighted by Crippen LogP contribution is 2.30. The first kappa shape index (κ1) is 11.9. The van der Waals surface area contributed by atoms with Gasteiger partial charge in [0.05, 0.1) is 15.8 Å². The SMILES string of the molecule is OC1(CNc2nc3ccccc3s2)CCCCC1. The van der Waals surface area contributed by atoms with E-state index in [-0.39, 0.29) is 0 Å². The monoisotopic (exact) mass is 262 g/mol. The summed E-state index contributed by atoms with van der Waals surface area (Å²) in [6.45, 7) is 0.618. The van der Waals surface area contributed by atoms with Crippen LogP contribution in [-0.4, -0.2) is 22.2 Å². The highest BCUT2D eigenvalue weighted by molar-refractivity contribution is 7.22. The molecule has 1 aromatic carbocycles. The van der Waals surface area contributed by atoms with E-state index in [1.165, 1.54) is 11.1 Å². The zero-order valence-electron chi connectivity index (χ0n) is 10.4. The number of hydrogen-bond acceptors (Lipinski definition) is 4. The standard InChI is InChI=1S/C14H18N2OS/c17-14(8-4-1-5-9-14)10-15-13-16-11-6-2-3-7-12(11)18-13/h2-3,6-7,17H,1,4-5,8-10H2,(H,15,16). The number of aromatic nitrogens is 1. The lowest BCUT2D eigenvalue weighted by Crippen LogP contribution is -2.38. The number of nitrogens with zero attached hydrogens (tertiary/aromatic N) is 1. The molecule has 0 radical (unpaired) electrons.